The van der Waals surface area contributed by atoms with Crippen LogP contribution in [-0.4, -0.2) is 35.0 Å². The third-order valence-corrected chi connectivity index (χ3v) is 3.62. The average Bonchev–Trinajstić information content (AvgIpc) is 2.33. The summed E-state index contributed by atoms with van der Waals surface area (Å²) < 4.78 is 23.2. The summed E-state index contributed by atoms with van der Waals surface area (Å²) in [7, 11) is -0.466. The molecule has 1 aromatic rings. The molecular weight excluding hydrogens is 278 g/mol. The second kappa shape index (κ2) is 6.23. The number of carbonyl (C=O) groups excluding carboxylic acids is 1. The first-order valence-corrected chi connectivity index (χ1v) is 7.80. The van der Waals surface area contributed by atoms with Gasteiger partial charge in [-0.2, -0.15) is 0 Å². The van der Waals surface area contributed by atoms with Crippen LogP contribution in [0.3, 0.4) is 0 Å². The van der Waals surface area contributed by atoms with E-state index in [9.17, 15) is 13.2 Å². The molecule has 0 aliphatic heterocycles. The molecule has 112 valence electrons. The molecule has 0 aliphatic carbocycles. The molecule has 1 amide bonds. The number of nitrogens with two attached hydrogens (primary N) is 1. The number of anilines is 1. The highest BCUT2D eigenvalue weighted by atomic mass is 32.2. The van der Waals surface area contributed by atoms with Crippen LogP contribution in [0.5, 0.6) is 0 Å². The summed E-state index contributed by atoms with van der Waals surface area (Å²) >= 11 is 0. The van der Waals surface area contributed by atoms with Gasteiger partial charge in [0.05, 0.1) is 5.69 Å². The summed E-state index contributed by atoms with van der Waals surface area (Å²) in [6, 6.07) is 4.46. The summed E-state index contributed by atoms with van der Waals surface area (Å²) in [5.74, 6) is 0.00613. The van der Waals surface area contributed by atoms with E-state index < -0.39 is 10.0 Å². The van der Waals surface area contributed by atoms with Gasteiger partial charge in [-0.3, -0.25) is 4.79 Å². The molecule has 20 heavy (non-hydrogen) atoms. The first kappa shape index (κ1) is 16.5. The third-order valence-electron chi connectivity index (χ3n) is 2.68. The minimum atomic E-state index is -3.89. The van der Waals surface area contributed by atoms with Gasteiger partial charge in [0.1, 0.15) is 4.90 Å². The highest BCUT2D eigenvalue weighted by Crippen LogP contribution is 2.24. The van der Waals surface area contributed by atoms with Gasteiger partial charge in [-0.15, -0.1) is 0 Å². The molecular formula is C13H21N3O3S. The Morgan fingerprint density at radius 1 is 1.35 bits per heavy atom. The fourth-order valence-corrected chi connectivity index (χ4v) is 2.48. The molecule has 0 saturated heterocycles. The lowest BCUT2D eigenvalue weighted by molar-refractivity contribution is 0.0949. The normalized spacial score (nSPS) is 11.5. The zero-order valence-corrected chi connectivity index (χ0v) is 13.0. The molecule has 0 unspecified atom stereocenters. The van der Waals surface area contributed by atoms with Crippen molar-refractivity contribution in [2.24, 2.45) is 11.1 Å². The van der Waals surface area contributed by atoms with E-state index in [1.165, 1.54) is 6.07 Å². The molecule has 7 heteroatoms. The molecule has 0 bridgehead atoms. The minimum Gasteiger partial charge on any atom is -0.377 e. The first-order valence-electron chi connectivity index (χ1n) is 6.25. The number of sulfonamides is 1. The van der Waals surface area contributed by atoms with Crippen LogP contribution in [0.1, 0.15) is 24.2 Å². The second-order valence-corrected chi connectivity index (χ2v) is 6.76. The molecule has 0 heterocycles. The fraction of sp³-hybridized carbons (Fsp3) is 0.462. The van der Waals surface area contributed by atoms with Gasteiger partial charge in [0.25, 0.3) is 5.91 Å². The molecule has 6 nitrogen and oxygen atoms in total. The van der Waals surface area contributed by atoms with Crippen LogP contribution in [0, 0.1) is 5.92 Å². The highest BCUT2D eigenvalue weighted by molar-refractivity contribution is 7.89. The van der Waals surface area contributed by atoms with E-state index >= 15 is 0 Å². The number of rotatable bonds is 5. The van der Waals surface area contributed by atoms with E-state index in [0.717, 1.165) is 0 Å². The van der Waals surface area contributed by atoms with Crippen LogP contribution in [-0.2, 0) is 10.0 Å². The lowest BCUT2D eigenvalue weighted by Gasteiger charge is -2.17. The van der Waals surface area contributed by atoms with Crippen molar-refractivity contribution in [1.29, 1.82) is 0 Å². The minimum absolute atomic E-state index is 0.0558. The number of hydrogen-bond donors (Lipinski definition) is 2. The van der Waals surface area contributed by atoms with Crippen LogP contribution in [0.15, 0.2) is 23.1 Å². The predicted octanol–water partition coefficient (Wildman–Crippen LogP) is 0.786. The predicted molar refractivity (Wildman–Crippen MR) is 79.3 cm³/mol. The number of hydrogen-bond acceptors (Lipinski definition) is 4. The highest BCUT2D eigenvalue weighted by Gasteiger charge is 2.18. The lowest BCUT2D eigenvalue weighted by Crippen LogP contribution is -2.28. The molecule has 0 radical (unpaired) electrons. The lowest BCUT2D eigenvalue weighted by atomic mass is 10.1. The molecule has 1 aromatic carbocycles. The Balaban J connectivity index is 3.17. The van der Waals surface area contributed by atoms with Crippen LogP contribution in [0.25, 0.3) is 0 Å². The van der Waals surface area contributed by atoms with Crippen molar-refractivity contribution in [3.63, 3.8) is 0 Å². The fourth-order valence-electron chi connectivity index (χ4n) is 1.65. The maximum Gasteiger partial charge on any atom is 0.251 e. The van der Waals surface area contributed by atoms with E-state index in [4.69, 9.17) is 5.14 Å². The number of nitrogens with zero attached hydrogens (tertiary/aromatic N) is 1. The number of nitrogens with one attached hydrogen (secondary N) is 1. The zero-order valence-electron chi connectivity index (χ0n) is 12.2. The van der Waals surface area contributed by atoms with Crippen molar-refractivity contribution in [3.8, 4) is 0 Å². The number of primary sulfonamides is 1. The van der Waals surface area contributed by atoms with E-state index in [-0.39, 0.29) is 16.4 Å². The Kier molecular flexibility index (Phi) is 5.13. The van der Waals surface area contributed by atoms with E-state index in [1.54, 1.807) is 31.1 Å². The van der Waals surface area contributed by atoms with Crippen LogP contribution >= 0.6 is 0 Å². The van der Waals surface area contributed by atoms with Crippen LogP contribution < -0.4 is 15.4 Å². The van der Waals surface area contributed by atoms with Gasteiger partial charge in [-0.05, 0) is 24.1 Å². The Bertz CT molecular complexity index is 595. The standard InChI is InChI=1S/C13H21N3O3S/c1-9(2)8-15-13(17)10-5-6-11(16(3)4)12(7-10)20(14,18)19/h5-7,9H,8H2,1-4H3,(H,15,17)(H2,14,18,19). The number of carbonyl (C=O) groups is 1. The quantitative estimate of drug-likeness (QED) is 0.840. The molecule has 0 spiro atoms. The second-order valence-electron chi connectivity index (χ2n) is 5.23. The van der Waals surface area contributed by atoms with Crippen molar-refractivity contribution in [2.45, 2.75) is 18.7 Å². The Hall–Kier alpha value is -1.60. The summed E-state index contributed by atoms with van der Waals surface area (Å²) in [6.45, 7) is 4.48. The SMILES string of the molecule is CC(C)CNC(=O)c1ccc(N(C)C)c(S(N)(=O)=O)c1. The van der Waals surface area contributed by atoms with Crippen molar-refractivity contribution in [3.05, 3.63) is 23.8 Å². The Morgan fingerprint density at radius 3 is 2.40 bits per heavy atom. The summed E-state index contributed by atoms with van der Waals surface area (Å²) in [5, 5.41) is 7.94. The molecule has 0 fully saturated rings. The van der Waals surface area contributed by atoms with Gasteiger partial charge < -0.3 is 10.2 Å². The monoisotopic (exact) mass is 299 g/mol. The first-order chi connectivity index (χ1) is 9.12. The molecule has 1 rings (SSSR count). The molecule has 0 aliphatic rings. The summed E-state index contributed by atoms with van der Waals surface area (Å²) in [4.78, 5) is 13.5. The molecule has 0 atom stereocenters. The van der Waals surface area contributed by atoms with Gasteiger partial charge >= 0.3 is 0 Å². The van der Waals surface area contributed by atoms with Gasteiger partial charge in [-0.25, -0.2) is 13.6 Å². The largest absolute Gasteiger partial charge is 0.377 e. The van der Waals surface area contributed by atoms with Crippen molar-refractivity contribution < 1.29 is 13.2 Å². The van der Waals surface area contributed by atoms with Crippen LogP contribution in [0.4, 0.5) is 5.69 Å². The molecule has 0 saturated carbocycles. The van der Waals surface area contributed by atoms with Gasteiger partial charge in [0.15, 0.2) is 0 Å². The smallest absolute Gasteiger partial charge is 0.251 e. The maximum absolute atomic E-state index is 11.9. The van der Waals surface area contributed by atoms with Crippen molar-refractivity contribution in [2.75, 3.05) is 25.5 Å². The summed E-state index contributed by atoms with van der Waals surface area (Å²) in [6.07, 6.45) is 0. The van der Waals surface area contributed by atoms with Crippen LogP contribution in [0.2, 0.25) is 0 Å². The Labute approximate surface area is 120 Å². The number of amides is 1. The van der Waals surface area contributed by atoms with Gasteiger partial charge in [0, 0.05) is 26.2 Å². The summed E-state index contributed by atoms with van der Waals surface area (Å²) in [5.41, 5.74) is 0.730. The van der Waals surface area contributed by atoms with Gasteiger partial charge in [-0.1, -0.05) is 13.8 Å². The van der Waals surface area contributed by atoms with E-state index in [1.807, 2.05) is 13.8 Å². The van der Waals surface area contributed by atoms with Crippen molar-refractivity contribution in [1.82, 2.24) is 5.32 Å². The third kappa shape index (κ3) is 4.21. The maximum atomic E-state index is 11.9. The van der Waals surface area contributed by atoms with Gasteiger partial charge in [0.2, 0.25) is 10.0 Å². The number of benzene rings is 1. The van der Waals surface area contributed by atoms with E-state index in [0.29, 0.717) is 18.2 Å². The zero-order chi connectivity index (χ0) is 15.5. The average molecular weight is 299 g/mol. The topological polar surface area (TPSA) is 92.5 Å². The molecule has 0 aromatic heterocycles. The van der Waals surface area contributed by atoms with E-state index in [2.05, 4.69) is 5.32 Å². The van der Waals surface area contributed by atoms with Crippen molar-refractivity contribution >= 4 is 21.6 Å². The molecule has 3 N–H and O–H groups in total. The Morgan fingerprint density at radius 2 is 1.95 bits per heavy atom.